The largest absolute Gasteiger partial charge is 0.496 e. The molecule has 10 heteroatoms. The van der Waals surface area contributed by atoms with Gasteiger partial charge >= 0.3 is 0 Å². The van der Waals surface area contributed by atoms with Crippen LogP contribution in [0.2, 0.25) is 0 Å². The predicted octanol–water partition coefficient (Wildman–Crippen LogP) is 6.84. The SMILES string of the molecule is COc1ccc(-c2cccc(C(=O)N3CCCC3)c2)cc1SNc1cccc(NCCNC(=O)c2c(F)cccc2F)c1. The Bertz CT molecular complexity index is 1590. The third-order valence-corrected chi connectivity index (χ3v) is 7.95. The van der Waals surface area contributed by atoms with E-state index in [0.717, 1.165) is 65.5 Å². The lowest BCUT2D eigenvalue weighted by atomic mass is 10.0. The minimum Gasteiger partial charge on any atom is -0.496 e. The summed E-state index contributed by atoms with van der Waals surface area (Å²) in [5.41, 5.74) is 3.65. The summed E-state index contributed by atoms with van der Waals surface area (Å²) >= 11 is 1.40. The van der Waals surface area contributed by atoms with Gasteiger partial charge in [0.25, 0.3) is 11.8 Å². The van der Waals surface area contributed by atoms with Gasteiger partial charge in [0, 0.05) is 43.1 Å². The lowest BCUT2D eigenvalue weighted by Crippen LogP contribution is -2.30. The Labute approximate surface area is 253 Å². The number of amides is 2. The van der Waals surface area contributed by atoms with Crippen molar-refractivity contribution in [2.75, 3.05) is 43.3 Å². The quantitative estimate of drug-likeness (QED) is 0.129. The van der Waals surface area contributed by atoms with Crippen molar-refractivity contribution < 1.29 is 23.1 Å². The van der Waals surface area contributed by atoms with Crippen LogP contribution < -0.4 is 20.1 Å². The van der Waals surface area contributed by atoms with E-state index in [2.05, 4.69) is 15.4 Å². The van der Waals surface area contributed by atoms with Gasteiger partial charge in [-0.25, -0.2) is 8.78 Å². The summed E-state index contributed by atoms with van der Waals surface area (Å²) in [6.45, 7) is 2.14. The first kappa shape index (κ1) is 29.9. The molecule has 0 atom stereocenters. The number of ether oxygens (including phenoxy) is 1. The van der Waals surface area contributed by atoms with Gasteiger partial charge < -0.3 is 25.0 Å². The summed E-state index contributed by atoms with van der Waals surface area (Å²) in [4.78, 5) is 27.9. The number of methoxy groups -OCH3 is 1. The molecule has 0 spiro atoms. The molecule has 2 amide bonds. The molecule has 4 aromatic rings. The summed E-state index contributed by atoms with van der Waals surface area (Å²) in [6.07, 6.45) is 2.10. The average Bonchev–Trinajstić information content (AvgIpc) is 3.57. The molecule has 0 aromatic heterocycles. The number of carbonyl (C=O) groups excluding carboxylic acids is 2. The van der Waals surface area contributed by atoms with Gasteiger partial charge in [0.15, 0.2) is 0 Å². The lowest BCUT2D eigenvalue weighted by Gasteiger charge is -2.16. The molecule has 1 heterocycles. The van der Waals surface area contributed by atoms with Crippen molar-refractivity contribution in [3.63, 3.8) is 0 Å². The number of carbonyl (C=O) groups is 2. The van der Waals surface area contributed by atoms with Crippen LogP contribution >= 0.6 is 11.9 Å². The fraction of sp³-hybridized carbons (Fsp3) is 0.212. The van der Waals surface area contributed by atoms with Crippen LogP contribution in [0.15, 0.2) is 89.8 Å². The lowest BCUT2D eigenvalue weighted by molar-refractivity contribution is 0.0792. The van der Waals surface area contributed by atoms with Crippen LogP contribution in [-0.4, -0.2) is 50.0 Å². The molecule has 0 radical (unpaired) electrons. The number of halogens is 2. The molecule has 1 aliphatic heterocycles. The first-order valence-corrected chi connectivity index (χ1v) is 14.8. The molecule has 7 nitrogen and oxygen atoms in total. The van der Waals surface area contributed by atoms with Gasteiger partial charge in [-0.15, -0.1) is 0 Å². The van der Waals surface area contributed by atoms with Crippen LogP contribution in [-0.2, 0) is 0 Å². The molecule has 222 valence electrons. The summed E-state index contributed by atoms with van der Waals surface area (Å²) in [6, 6.07) is 24.5. The number of benzene rings is 4. The molecule has 43 heavy (non-hydrogen) atoms. The third-order valence-electron chi connectivity index (χ3n) is 7.07. The van der Waals surface area contributed by atoms with Gasteiger partial charge in [-0.2, -0.15) is 0 Å². The second-order valence-electron chi connectivity index (χ2n) is 10.0. The summed E-state index contributed by atoms with van der Waals surface area (Å²) in [5.74, 6) is -1.82. The van der Waals surface area contributed by atoms with Gasteiger partial charge in [0.1, 0.15) is 22.9 Å². The maximum absolute atomic E-state index is 13.8. The molecule has 4 aromatic carbocycles. The molecule has 0 saturated carbocycles. The first-order chi connectivity index (χ1) is 20.9. The highest BCUT2D eigenvalue weighted by Crippen LogP contribution is 2.35. The number of anilines is 2. The normalized spacial score (nSPS) is 12.6. The molecule has 0 aliphatic carbocycles. The standard InChI is InChI=1S/C33H32F2N4O3S/c1-42-29-14-13-23(22-7-4-8-24(19-22)33(41)39-17-2-3-18-39)20-30(29)43-38-26-10-5-9-25(21-26)36-15-16-37-32(40)31-27(34)11-6-12-28(31)35/h4-14,19-21,36,38H,2-3,15-18H2,1H3,(H,37,40). The van der Waals surface area contributed by atoms with Gasteiger partial charge in [0.2, 0.25) is 0 Å². The van der Waals surface area contributed by atoms with Crippen molar-refractivity contribution in [1.82, 2.24) is 10.2 Å². The van der Waals surface area contributed by atoms with Crippen molar-refractivity contribution in [3.05, 3.63) is 108 Å². The van der Waals surface area contributed by atoms with E-state index in [4.69, 9.17) is 4.74 Å². The van der Waals surface area contributed by atoms with Gasteiger partial charge in [-0.05, 0) is 90.5 Å². The van der Waals surface area contributed by atoms with Crippen molar-refractivity contribution in [2.45, 2.75) is 17.7 Å². The van der Waals surface area contributed by atoms with E-state index in [1.807, 2.05) is 71.6 Å². The minimum atomic E-state index is -0.898. The van der Waals surface area contributed by atoms with Crippen LogP contribution in [0.4, 0.5) is 20.2 Å². The van der Waals surface area contributed by atoms with E-state index in [1.54, 1.807) is 7.11 Å². The fourth-order valence-electron chi connectivity index (χ4n) is 4.86. The summed E-state index contributed by atoms with van der Waals surface area (Å²) in [7, 11) is 1.62. The van der Waals surface area contributed by atoms with Crippen molar-refractivity contribution >= 4 is 35.1 Å². The number of hydrogen-bond donors (Lipinski definition) is 3. The van der Waals surface area contributed by atoms with Crippen LogP contribution in [0.25, 0.3) is 11.1 Å². The van der Waals surface area contributed by atoms with E-state index in [-0.39, 0.29) is 12.5 Å². The first-order valence-electron chi connectivity index (χ1n) is 14.0. The number of nitrogens with one attached hydrogen (secondary N) is 3. The number of nitrogens with zero attached hydrogens (tertiary/aromatic N) is 1. The van der Waals surface area contributed by atoms with Crippen molar-refractivity contribution in [1.29, 1.82) is 0 Å². The van der Waals surface area contributed by atoms with Crippen LogP contribution in [0.5, 0.6) is 5.75 Å². The highest BCUT2D eigenvalue weighted by atomic mass is 32.2. The number of hydrogen-bond acceptors (Lipinski definition) is 6. The topological polar surface area (TPSA) is 82.7 Å². The van der Waals surface area contributed by atoms with Crippen LogP contribution in [0.1, 0.15) is 33.6 Å². The van der Waals surface area contributed by atoms with E-state index in [0.29, 0.717) is 17.9 Å². The number of likely N-dealkylation sites (tertiary alicyclic amines) is 1. The zero-order chi connectivity index (χ0) is 30.2. The van der Waals surface area contributed by atoms with Crippen LogP contribution in [0, 0.1) is 11.6 Å². The Morgan fingerprint density at radius 3 is 2.30 bits per heavy atom. The second kappa shape index (κ2) is 14.1. The molecule has 1 fully saturated rings. The maximum atomic E-state index is 13.8. The molecule has 1 saturated heterocycles. The van der Waals surface area contributed by atoms with Crippen molar-refractivity contribution in [3.8, 4) is 16.9 Å². The predicted molar refractivity (Wildman–Crippen MR) is 167 cm³/mol. The van der Waals surface area contributed by atoms with Gasteiger partial charge in [-0.3, -0.25) is 9.59 Å². The Hall–Kier alpha value is -4.57. The highest BCUT2D eigenvalue weighted by Gasteiger charge is 2.20. The molecule has 5 rings (SSSR count). The average molecular weight is 603 g/mol. The third kappa shape index (κ3) is 7.45. The van der Waals surface area contributed by atoms with E-state index < -0.39 is 23.1 Å². The van der Waals surface area contributed by atoms with Crippen LogP contribution in [0.3, 0.4) is 0 Å². The maximum Gasteiger partial charge on any atom is 0.257 e. The molecule has 0 unspecified atom stereocenters. The second-order valence-corrected chi connectivity index (χ2v) is 10.9. The Kier molecular flexibility index (Phi) is 9.78. The number of rotatable bonds is 11. The van der Waals surface area contributed by atoms with E-state index in [1.165, 1.54) is 18.0 Å². The highest BCUT2D eigenvalue weighted by molar-refractivity contribution is 8.00. The Morgan fingerprint density at radius 2 is 1.53 bits per heavy atom. The summed E-state index contributed by atoms with van der Waals surface area (Å²) in [5, 5.41) is 5.73. The molecule has 1 aliphatic rings. The fourth-order valence-corrected chi connectivity index (χ4v) is 5.66. The molecule has 3 N–H and O–H groups in total. The smallest absolute Gasteiger partial charge is 0.257 e. The molecule has 0 bridgehead atoms. The molecular formula is C33H32F2N4O3S. The van der Waals surface area contributed by atoms with Gasteiger partial charge in [-0.1, -0.05) is 30.3 Å². The molecular weight excluding hydrogens is 570 g/mol. The Balaban J connectivity index is 1.19. The van der Waals surface area contributed by atoms with E-state index in [9.17, 15) is 18.4 Å². The summed E-state index contributed by atoms with van der Waals surface area (Å²) < 4.78 is 36.6. The van der Waals surface area contributed by atoms with E-state index >= 15 is 0 Å². The monoisotopic (exact) mass is 602 g/mol. The van der Waals surface area contributed by atoms with Crippen molar-refractivity contribution in [2.24, 2.45) is 0 Å². The minimum absolute atomic E-state index is 0.0685. The van der Waals surface area contributed by atoms with Gasteiger partial charge in [0.05, 0.1) is 12.0 Å². The zero-order valence-electron chi connectivity index (χ0n) is 23.7. The Morgan fingerprint density at radius 1 is 0.837 bits per heavy atom. The zero-order valence-corrected chi connectivity index (χ0v) is 24.5.